The number of piperidine rings is 1. The molecule has 0 unspecified atom stereocenters. The van der Waals surface area contributed by atoms with E-state index in [1.807, 2.05) is 49.1 Å². The van der Waals surface area contributed by atoms with Crippen LogP contribution in [0.25, 0.3) is 11.0 Å². The molecule has 1 aromatic heterocycles. The molecule has 0 spiro atoms. The molecule has 4 rings (SSSR count). The van der Waals surface area contributed by atoms with Gasteiger partial charge in [0.15, 0.2) is 17.3 Å². The fourth-order valence-corrected chi connectivity index (χ4v) is 3.89. The maximum Gasteiger partial charge on any atom is 0.289 e. The van der Waals surface area contributed by atoms with Crippen molar-refractivity contribution >= 4 is 28.5 Å². The van der Waals surface area contributed by atoms with Gasteiger partial charge in [0.2, 0.25) is 0 Å². The van der Waals surface area contributed by atoms with Crippen molar-refractivity contribution in [3.05, 3.63) is 58.8 Å². The number of fused-ring (bicyclic) bond motifs is 1. The highest BCUT2D eigenvalue weighted by molar-refractivity contribution is 6.31. The van der Waals surface area contributed by atoms with E-state index in [0.29, 0.717) is 36.1 Å². The second-order valence-corrected chi connectivity index (χ2v) is 7.62. The highest BCUT2D eigenvalue weighted by Crippen LogP contribution is 2.31. The number of ether oxygens (including phenoxy) is 2. The smallest absolute Gasteiger partial charge is 0.289 e. The van der Waals surface area contributed by atoms with Crippen LogP contribution >= 0.6 is 11.6 Å². The highest BCUT2D eigenvalue weighted by Gasteiger charge is 2.28. The molecular weight excluding hydrogens is 390 g/mol. The molecule has 0 aliphatic carbocycles. The number of aryl methyl sites for hydroxylation is 1. The van der Waals surface area contributed by atoms with Crippen LogP contribution in [0.4, 0.5) is 0 Å². The van der Waals surface area contributed by atoms with Crippen molar-refractivity contribution in [1.82, 2.24) is 4.90 Å². The molecule has 1 amide bonds. The lowest BCUT2D eigenvalue weighted by Crippen LogP contribution is -2.41. The molecule has 29 heavy (non-hydrogen) atoms. The zero-order valence-electron chi connectivity index (χ0n) is 16.6. The molecule has 1 saturated heterocycles. The molecule has 0 atom stereocenters. The molecule has 1 fully saturated rings. The standard InChI is InChI=1S/C23H24ClNO4/c1-3-27-20-6-4-5-7-21(20)28-17-10-12-25(13-11-17)23(26)22-15(2)18-14-16(24)8-9-19(18)29-22/h4-9,14,17H,3,10-13H2,1-2H3. The Hall–Kier alpha value is -2.66. The number of para-hydroxylation sites is 2. The second-order valence-electron chi connectivity index (χ2n) is 7.19. The zero-order chi connectivity index (χ0) is 20.4. The number of benzene rings is 2. The third-order valence-corrected chi connectivity index (χ3v) is 5.50. The van der Waals surface area contributed by atoms with Crippen molar-refractivity contribution in [1.29, 1.82) is 0 Å². The lowest BCUT2D eigenvalue weighted by Gasteiger charge is -2.32. The van der Waals surface area contributed by atoms with Crippen LogP contribution in [0.5, 0.6) is 11.5 Å². The first-order chi connectivity index (χ1) is 14.1. The molecule has 3 aromatic rings. The molecule has 0 N–H and O–H groups in total. The number of hydrogen-bond acceptors (Lipinski definition) is 4. The van der Waals surface area contributed by atoms with E-state index in [1.165, 1.54) is 0 Å². The minimum Gasteiger partial charge on any atom is -0.490 e. The summed E-state index contributed by atoms with van der Waals surface area (Å²) in [5.74, 6) is 1.82. The SMILES string of the molecule is CCOc1ccccc1OC1CCN(C(=O)c2oc3ccc(Cl)cc3c2C)CC1. The number of carbonyl (C=O) groups is 1. The Morgan fingerprint density at radius 1 is 1.17 bits per heavy atom. The van der Waals surface area contributed by atoms with Gasteiger partial charge in [-0.15, -0.1) is 0 Å². The lowest BCUT2D eigenvalue weighted by atomic mass is 10.1. The van der Waals surface area contributed by atoms with Gasteiger partial charge in [-0.1, -0.05) is 23.7 Å². The van der Waals surface area contributed by atoms with E-state index in [4.69, 9.17) is 25.5 Å². The van der Waals surface area contributed by atoms with E-state index in [1.54, 1.807) is 12.1 Å². The average Bonchev–Trinajstić information content (AvgIpc) is 3.06. The number of likely N-dealkylation sites (tertiary alicyclic amines) is 1. The van der Waals surface area contributed by atoms with Crippen LogP contribution in [-0.2, 0) is 0 Å². The summed E-state index contributed by atoms with van der Waals surface area (Å²) in [5.41, 5.74) is 1.51. The molecule has 0 radical (unpaired) electrons. The zero-order valence-corrected chi connectivity index (χ0v) is 17.4. The minimum absolute atomic E-state index is 0.0521. The highest BCUT2D eigenvalue weighted by atomic mass is 35.5. The van der Waals surface area contributed by atoms with Crippen molar-refractivity contribution in [3.8, 4) is 11.5 Å². The van der Waals surface area contributed by atoms with E-state index in [0.717, 1.165) is 35.3 Å². The molecule has 2 heterocycles. The van der Waals surface area contributed by atoms with Crippen molar-refractivity contribution in [3.63, 3.8) is 0 Å². The summed E-state index contributed by atoms with van der Waals surface area (Å²) in [5, 5.41) is 1.51. The van der Waals surface area contributed by atoms with Gasteiger partial charge in [0, 0.05) is 41.9 Å². The third kappa shape index (κ3) is 4.06. The summed E-state index contributed by atoms with van der Waals surface area (Å²) < 4.78 is 17.6. The first kappa shape index (κ1) is 19.6. The minimum atomic E-state index is -0.0806. The quantitative estimate of drug-likeness (QED) is 0.556. The molecule has 0 saturated carbocycles. The van der Waals surface area contributed by atoms with Crippen LogP contribution in [0.1, 0.15) is 35.9 Å². The number of rotatable bonds is 5. The summed E-state index contributed by atoms with van der Waals surface area (Å²) in [6.07, 6.45) is 1.57. The number of amides is 1. The first-order valence-electron chi connectivity index (χ1n) is 9.93. The number of furan rings is 1. The summed E-state index contributed by atoms with van der Waals surface area (Å²) >= 11 is 6.08. The summed E-state index contributed by atoms with van der Waals surface area (Å²) in [7, 11) is 0. The monoisotopic (exact) mass is 413 g/mol. The van der Waals surface area contributed by atoms with Gasteiger partial charge in [-0.3, -0.25) is 4.79 Å². The maximum atomic E-state index is 13.0. The number of nitrogens with zero attached hydrogens (tertiary/aromatic N) is 1. The number of hydrogen-bond donors (Lipinski definition) is 0. The Balaban J connectivity index is 1.42. The van der Waals surface area contributed by atoms with Crippen molar-refractivity contribution < 1.29 is 18.7 Å². The van der Waals surface area contributed by atoms with Gasteiger partial charge in [0.05, 0.1) is 6.61 Å². The van der Waals surface area contributed by atoms with Gasteiger partial charge in [0.1, 0.15) is 11.7 Å². The Labute approximate surface area is 175 Å². The molecule has 5 nitrogen and oxygen atoms in total. The Kier molecular flexibility index (Phi) is 5.67. The van der Waals surface area contributed by atoms with E-state index < -0.39 is 0 Å². The Morgan fingerprint density at radius 2 is 1.90 bits per heavy atom. The van der Waals surface area contributed by atoms with Crippen LogP contribution in [0, 0.1) is 6.92 Å². The topological polar surface area (TPSA) is 51.9 Å². The molecule has 2 aromatic carbocycles. The van der Waals surface area contributed by atoms with Gasteiger partial charge in [-0.2, -0.15) is 0 Å². The molecule has 6 heteroatoms. The first-order valence-corrected chi connectivity index (χ1v) is 10.3. The summed E-state index contributed by atoms with van der Waals surface area (Å²) in [6, 6.07) is 13.1. The fraction of sp³-hybridized carbons (Fsp3) is 0.348. The van der Waals surface area contributed by atoms with Gasteiger partial charge in [-0.05, 0) is 44.2 Å². The molecule has 152 valence electrons. The largest absolute Gasteiger partial charge is 0.490 e. The van der Waals surface area contributed by atoms with E-state index in [2.05, 4.69) is 0 Å². The lowest BCUT2D eigenvalue weighted by molar-refractivity contribution is 0.0562. The molecule has 1 aliphatic heterocycles. The van der Waals surface area contributed by atoms with Gasteiger partial charge in [0.25, 0.3) is 5.91 Å². The molecule has 1 aliphatic rings. The van der Waals surface area contributed by atoms with Crippen LogP contribution in [0.2, 0.25) is 5.02 Å². The van der Waals surface area contributed by atoms with E-state index >= 15 is 0 Å². The van der Waals surface area contributed by atoms with Gasteiger partial charge < -0.3 is 18.8 Å². The number of carbonyl (C=O) groups excluding carboxylic acids is 1. The van der Waals surface area contributed by atoms with Crippen LogP contribution in [0.3, 0.4) is 0 Å². The van der Waals surface area contributed by atoms with Crippen LogP contribution in [-0.4, -0.2) is 36.6 Å². The summed E-state index contributed by atoms with van der Waals surface area (Å²) in [6.45, 7) is 5.69. The fourth-order valence-electron chi connectivity index (χ4n) is 3.72. The predicted molar refractivity (Wildman–Crippen MR) is 113 cm³/mol. The second kappa shape index (κ2) is 8.37. The van der Waals surface area contributed by atoms with Gasteiger partial charge in [-0.25, -0.2) is 0 Å². The van der Waals surface area contributed by atoms with Crippen LogP contribution < -0.4 is 9.47 Å². The van der Waals surface area contributed by atoms with Crippen molar-refractivity contribution in [2.75, 3.05) is 19.7 Å². The predicted octanol–water partition coefficient (Wildman–Crippen LogP) is 5.48. The van der Waals surface area contributed by atoms with Crippen molar-refractivity contribution in [2.45, 2.75) is 32.8 Å². The van der Waals surface area contributed by atoms with E-state index in [9.17, 15) is 4.79 Å². The normalized spacial score (nSPS) is 14.9. The number of halogens is 1. The average molecular weight is 414 g/mol. The Bertz CT molecular complexity index is 1020. The molecule has 0 bridgehead atoms. The summed E-state index contributed by atoms with van der Waals surface area (Å²) in [4.78, 5) is 14.9. The maximum absolute atomic E-state index is 13.0. The van der Waals surface area contributed by atoms with Gasteiger partial charge >= 0.3 is 0 Å². The van der Waals surface area contributed by atoms with Crippen molar-refractivity contribution in [2.24, 2.45) is 0 Å². The van der Waals surface area contributed by atoms with Crippen LogP contribution in [0.15, 0.2) is 46.9 Å². The Morgan fingerprint density at radius 3 is 2.62 bits per heavy atom. The third-order valence-electron chi connectivity index (χ3n) is 5.26. The molecular formula is C23H24ClNO4. The van der Waals surface area contributed by atoms with E-state index in [-0.39, 0.29) is 12.0 Å².